The van der Waals surface area contributed by atoms with E-state index in [1.807, 2.05) is 13.0 Å². The molecule has 1 rings (SSSR count). The lowest BCUT2D eigenvalue weighted by molar-refractivity contribution is 0.144. The first-order valence-electron chi connectivity index (χ1n) is 3.72. The maximum absolute atomic E-state index is 8.67. The lowest BCUT2D eigenvalue weighted by Crippen LogP contribution is -2.01. The topological polar surface area (TPSA) is 29.5 Å². The Morgan fingerprint density at radius 2 is 2.60 bits per heavy atom. The van der Waals surface area contributed by atoms with Crippen LogP contribution in [0.5, 0.6) is 0 Å². The molecule has 0 aliphatic carbocycles. The summed E-state index contributed by atoms with van der Waals surface area (Å²) in [4.78, 5) is 0. The summed E-state index contributed by atoms with van der Waals surface area (Å²) < 4.78 is 5.34. The quantitative estimate of drug-likeness (QED) is 0.585. The van der Waals surface area contributed by atoms with E-state index in [0.717, 1.165) is 25.0 Å². The first-order valence-corrected chi connectivity index (χ1v) is 3.72. The Balaban J connectivity index is 2.34. The van der Waals surface area contributed by atoms with Crippen LogP contribution in [-0.4, -0.2) is 24.4 Å². The Morgan fingerprint density at radius 1 is 1.80 bits per heavy atom. The fourth-order valence-corrected chi connectivity index (χ4v) is 1.10. The Bertz CT molecular complexity index is 123. The molecule has 1 aliphatic rings. The van der Waals surface area contributed by atoms with Crippen LogP contribution in [0.4, 0.5) is 0 Å². The summed E-state index contributed by atoms with van der Waals surface area (Å²) >= 11 is 0. The average Bonchev–Trinajstić information content (AvgIpc) is 2.40. The summed E-state index contributed by atoms with van der Waals surface area (Å²) in [6.45, 7) is 2.95. The van der Waals surface area contributed by atoms with Crippen molar-refractivity contribution in [2.24, 2.45) is 0 Å². The second-order valence-corrected chi connectivity index (χ2v) is 2.72. The molecule has 1 unspecified atom stereocenters. The third-order valence-corrected chi connectivity index (χ3v) is 1.68. The van der Waals surface area contributed by atoms with Gasteiger partial charge in [-0.05, 0) is 25.3 Å². The molecule has 58 valence electrons. The molecular weight excluding hydrogens is 128 g/mol. The minimum Gasteiger partial charge on any atom is -0.392 e. The lowest BCUT2D eigenvalue weighted by atomic mass is 10.2. The number of hydrogen-bond donors (Lipinski definition) is 1. The molecule has 1 heterocycles. The third-order valence-electron chi connectivity index (χ3n) is 1.68. The Hall–Kier alpha value is -0.340. The molecule has 0 radical (unpaired) electrons. The molecule has 0 saturated carbocycles. The molecule has 1 N–H and O–H groups in total. The minimum atomic E-state index is 0.153. The van der Waals surface area contributed by atoms with Gasteiger partial charge in [0.2, 0.25) is 0 Å². The molecule has 1 saturated heterocycles. The van der Waals surface area contributed by atoms with Crippen molar-refractivity contribution in [3.8, 4) is 0 Å². The smallest absolute Gasteiger partial charge is 0.0760 e. The fourth-order valence-electron chi connectivity index (χ4n) is 1.10. The number of ether oxygens (including phenoxy) is 1. The molecule has 0 aromatic rings. The number of hydrogen-bond acceptors (Lipinski definition) is 2. The van der Waals surface area contributed by atoms with Gasteiger partial charge in [-0.3, -0.25) is 0 Å². The van der Waals surface area contributed by atoms with Gasteiger partial charge in [0.15, 0.2) is 0 Å². The zero-order valence-electron chi connectivity index (χ0n) is 6.34. The summed E-state index contributed by atoms with van der Waals surface area (Å²) in [5.74, 6) is 0. The van der Waals surface area contributed by atoms with E-state index >= 15 is 0 Å². The highest BCUT2D eigenvalue weighted by Gasteiger charge is 2.11. The van der Waals surface area contributed by atoms with E-state index < -0.39 is 0 Å². The van der Waals surface area contributed by atoms with Crippen LogP contribution in [0.25, 0.3) is 0 Å². The van der Waals surface area contributed by atoms with Gasteiger partial charge in [0.05, 0.1) is 12.7 Å². The molecule has 1 fully saturated rings. The highest BCUT2D eigenvalue weighted by molar-refractivity contribution is 5.02. The van der Waals surface area contributed by atoms with E-state index in [2.05, 4.69) is 0 Å². The standard InChI is InChI=1S/C8H14O2/c1-7(6-9)5-8-3-2-4-10-8/h5,8-9H,2-4,6H2,1H3/b7-5+. The SMILES string of the molecule is C/C(=C\C1CCCO1)CO. The van der Waals surface area contributed by atoms with Crippen molar-refractivity contribution in [3.63, 3.8) is 0 Å². The van der Waals surface area contributed by atoms with Gasteiger partial charge >= 0.3 is 0 Å². The summed E-state index contributed by atoms with van der Waals surface area (Å²) in [6.07, 6.45) is 4.54. The van der Waals surface area contributed by atoms with Crippen molar-refractivity contribution in [2.45, 2.75) is 25.9 Å². The minimum absolute atomic E-state index is 0.153. The number of aliphatic hydroxyl groups excluding tert-OH is 1. The van der Waals surface area contributed by atoms with Gasteiger partial charge < -0.3 is 9.84 Å². The summed E-state index contributed by atoms with van der Waals surface area (Å²) in [7, 11) is 0. The van der Waals surface area contributed by atoms with E-state index in [1.165, 1.54) is 0 Å². The second-order valence-electron chi connectivity index (χ2n) is 2.72. The van der Waals surface area contributed by atoms with Gasteiger partial charge in [-0.15, -0.1) is 0 Å². The molecule has 0 amide bonds. The zero-order valence-corrected chi connectivity index (χ0v) is 6.34. The van der Waals surface area contributed by atoms with Crippen LogP contribution in [0, 0.1) is 0 Å². The van der Waals surface area contributed by atoms with Crippen LogP contribution in [0.15, 0.2) is 11.6 Å². The predicted molar refractivity (Wildman–Crippen MR) is 39.8 cm³/mol. The van der Waals surface area contributed by atoms with Gasteiger partial charge in [-0.1, -0.05) is 6.08 Å². The molecule has 2 heteroatoms. The van der Waals surface area contributed by atoms with E-state index in [0.29, 0.717) is 0 Å². The van der Waals surface area contributed by atoms with Crippen molar-refractivity contribution in [3.05, 3.63) is 11.6 Å². The Labute approximate surface area is 61.5 Å². The fraction of sp³-hybridized carbons (Fsp3) is 0.750. The van der Waals surface area contributed by atoms with E-state index in [9.17, 15) is 0 Å². The summed E-state index contributed by atoms with van der Waals surface area (Å²) in [6, 6.07) is 0. The number of rotatable bonds is 2. The molecule has 0 aromatic heterocycles. The molecule has 0 bridgehead atoms. The van der Waals surface area contributed by atoms with Gasteiger partial charge in [0.1, 0.15) is 0 Å². The van der Waals surface area contributed by atoms with E-state index in [4.69, 9.17) is 9.84 Å². The maximum Gasteiger partial charge on any atom is 0.0760 e. The molecule has 0 aromatic carbocycles. The molecule has 0 spiro atoms. The molecular formula is C8H14O2. The highest BCUT2D eigenvalue weighted by atomic mass is 16.5. The van der Waals surface area contributed by atoms with Gasteiger partial charge in [-0.25, -0.2) is 0 Å². The first kappa shape index (κ1) is 7.76. The van der Waals surface area contributed by atoms with E-state index in [-0.39, 0.29) is 12.7 Å². The van der Waals surface area contributed by atoms with Gasteiger partial charge in [0.25, 0.3) is 0 Å². The number of aliphatic hydroxyl groups is 1. The van der Waals surface area contributed by atoms with Crippen molar-refractivity contribution >= 4 is 0 Å². The van der Waals surface area contributed by atoms with Crippen LogP contribution >= 0.6 is 0 Å². The van der Waals surface area contributed by atoms with Crippen molar-refractivity contribution < 1.29 is 9.84 Å². The van der Waals surface area contributed by atoms with Crippen LogP contribution in [0.3, 0.4) is 0 Å². The third kappa shape index (κ3) is 2.12. The van der Waals surface area contributed by atoms with Crippen LogP contribution in [-0.2, 0) is 4.74 Å². The Morgan fingerprint density at radius 3 is 3.10 bits per heavy atom. The summed E-state index contributed by atoms with van der Waals surface area (Å²) in [5, 5.41) is 8.67. The van der Waals surface area contributed by atoms with Gasteiger partial charge in [-0.2, -0.15) is 0 Å². The van der Waals surface area contributed by atoms with E-state index in [1.54, 1.807) is 0 Å². The second kappa shape index (κ2) is 3.74. The maximum atomic E-state index is 8.67. The highest BCUT2D eigenvalue weighted by Crippen LogP contribution is 2.14. The molecule has 2 nitrogen and oxygen atoms in total. The lowest BCUT2D eigenvalue weighted by Gasteiger charge is -2.03. The summed E-state index contributed by atoms with van der Waals surface area (Å²) in [5.41, 5.74) is 1.01. The monoisotopic (exact) mass is 142 g/mol. The average molecular weight is 142 g/mol. The van der Waals surface area contributed by atoms with Crippen molar-refractivity contribution in [1.82, 2.24) is 0 Å². The Kier molecular flexibility index (Phi) is 2.90. The normalized spacial score (nSPS) is 27.4. The molecule has 10 heavy (non-hydrogen) atoms. The van der Waals surface area contributed by atoms with Crippen LogP contribution in [0.1, 0.15) is 19.8 Å². The van der Waals surface area contributed by atoms with Crippen molar-refractivity contribution in [1.29, 1.82) is 0 Å². The molecule has 1 atom stereocenters. The van der Waals surface area contributed by atoms with Gasteiger partial charge in [0, 0.05) is 6.61 Å². The zero-order chi connectivity index (χ0) is 7.40. The van der Waals surface area contributed by atoms with Crippen LogP contribution in [0.2, 0.25) is 0 Å². The van der Waals surface area contributed by atoms with Crippen molar-refractivity contribution in [2.75, 3.05) is 13.2 Å². The molecule has 1 aliphatic heterocycles. The first-order chi connectivity index (χ1) is 4.83. The predicted octanol–water partition coefficient (Wildman–Crippen LogP) is 1.10. The largest absolute Gasteiger partial charge is 0.392 e. The van der Waals surface area contributed by atoms with Crippen LogP contribution < -0.4 is 0 Å².